The van der Waals surface area contributed by atoms with Crippen LogP contribution >= 0.6 is 11.3 Å². The van der Waals surface area contributed by atoms with E-state index in [2.05, 4.69) is 18.8 Å². The Balaban J connectivity index is 1.77. The van der Waals surface area contributed by atoms with E-state index >= 15 is 0 Å². The van der Waals surface area contributed by atoms with E-state index in [1.807, 2.05) is 10.3 Å². The summed E-state index contributed by atoms with van der Waals surface area (Å²) in [5, 5.41) is 2.99. The third kappa shape index (κ3) is 1.88. The van der Waals surface area contributed by atoms with Crippen LogP contribution in [0.2, 0.25) is 0 Å². The molecule has 1 aliphatic heterocycles. The van der Waals surface area contributed by atoms with E-state index in [0.717, 1.165) is 17.5 Å². The molecule has 0 spiro atoms. The number of hydrogen-bond donors (Lipinski definition) is 0. The summed E-state index contributed by atoms with van der Waals surface area (Å²) >= 11 is 1.61. The zero-order valence-electron chi connectivity index (χ0n) is 10.3. The van der Waals surface area contributed by atoms with E-state index in [1.165, 1.54) is 19.3 Å². The highest BCUT2D eigenvalue weighted by atomic mass is 32.1. The van der Waals surface area contributed by atoms with Crippen LogP contribution < -0.4 is 0 Å². The number of carbonyl (C=O) groups excluding carboxylic acids is 1. The van der Waals surface area contributed by atoms with Gasteiger partial charge in [-0.3, -0.25) is 4.79 Å². The summed E-state index contributed by atoms with van der Waals surface area (Å²) in [6.07, 6.45) is 3.72. The first-order valence-electron chi connectivity index (χ1n) is 6.41. The average Bonchev–Trinajstić information content (AvgIpc) is 3.03. The van der Waals surface area contributed by atoms with E-state index in [-0.39, 0.29) is 5.91 Å². The molecule has 1 aromatic rings. The Morgan fingerprint density at radius 1 is 1.53 bits per heavy atom. The van der Waals surface area contributed by atoms with Crippen LogP contribution in [0.4, 0.5) is 0 Å². The van der Waals surface area contributed by atoms with Crippen LogP contribution in [0.3, 0.4) is 0 Å². The number of rotatable bonds is 2. The molecule has 1 saturated heterocycles. The van der Waals surface area contributed by atoms with Gasteiger partial charge in [0.25, 0.3) is 5.91 Å². The molecule has 92 valence electrons. The summed E-state index contributed by atoms with van der Waals surface area (Å²) in [5.41, 5.74) is 0.659. The summed E-state index contributed by atoms with van der Waals surface area (Å²) in [6.45, 7) is 5.19. The molecule has 0 unspecified atom stereocenters. The minimum absolute atomic E-state index is 0.153. The summed E-state index contributed by atoms with van der Waals surface area (Å²) in [4.78, 5) is 18.9. The number of piperidine rings is 1. The van der Waals surface area contributed by atoms with E-state index in [4.69, 9.17) is 0 Å². The molecule has 0 N–H and O–H groups in total. The predicted octanol–water partition coefficient (Wildman–Crippen LogP) is 2.89. The van der Waals surface area contributed by atoms with Crippen LogP contribution in [-0.4, -0.2) is 28.4 Å². The molecule has 17 heavy (non-hydrogen) atoms. The zero-order valence-corrected chi connectivity index (χ0v) is 11.2. The van der Waals surface area contributed by atoms with Crippen molar-refractivity contribution >= 4 is 17.2 Å². The van der Waals surface area contributed by atoms with Crippen molar-refractivity contribution in [3.63, 3.8) is 0 Å². The maximum atomic E-state index is 12.3. The third-order valence-electron chi connectivity index (χ3n) is 3.91. The maximum absolute atomic E-state index is 12.3. The second-order valence-electron chi connectivity index (χ2n) is 5.52. The Labute approximate surface area is 106 Å². The Morgan fingerprint density at radius 2 is 2.35 bits per heavy atom. The predicted molar refractivity (Wildman–Crippen MR) is 68.4 cm³/mol. The van der Waals surface area contributed by atoms with Gasteiger partial charge < -0.3 is 4.90 Å². The molecule has 1 aromatic heterocycles. The molecule has 1 saturated carbocycles. The van der Waals surface area contributed by atoms with Gasteiger partial charge in [-0.1, -0.05) is 13.8 Å². The second kappa shape index (κ2) is 4.09. The molecule has 0 aromatic carbocycles. The van der Waals surface area contributed by atoms with Crippen molar-refractivity contribution in [1.29, 1.82) is 0 Å². The lowest BCUT2D eigenvalue weighted by molar-refractivity contribution is 0.0698. The van der Waals surface area contributed by atoms with Gasteiger partial charge >= 0.3 is 0 Å². The highest BCUT2D eigenvalue weighted by Crippen LogP contribution is 2.38. The van der Waals surface area contributed by atoms with Crippen molar-refractivity contribution in [2.45, 2.75) is 45.1 Å². The monoisotopic (exact) mass is 250 g/mol. The molecular formula is C13H18N2OS. The summed E-state index contributed by atoms with van der Waals surface area (Å²) in [6, 6.07) is 0.497. The smallest absolute Gasteiger partial charge is 0.273 e. The van der Waals surface area contributed by atoms with Gasteiger partial charge in [0.15, 0.2) is 0 Å². The van der Waals surface area contributed by atoms with Gasteiger partial charge in [-0.25, -0.2) is 4.98 Å². The van der Waals surface area contributed by atoms with Crippen molar-refractivity contribution in [3.05, 3.63) is 16.1 Å². The highest BCUT2D eigenvalue weighted by Gasteiger charge is 2.40. The standard InChI is InChI=1S/C13H18N2OS/c1-8(2)12-14-11(7-17-12)13(16)15-6-9-3-4-10(15)5-9/h7-10H,3-6H2,1-2H3/t9-,10+/m1/s1. The average molecular weight is 250 g/mol. The lowest BCUT2D eigenvalue weighted by Gasteiger charge is -2.26. The van der Waals surface area contributed by atoms with Gasteiger partial charge in [-0.2, -0.15) is 0 Å². The van der Waals surface area contributed by atoms with Crippen molar-refractivity contribution < 1.29 is 4.79 Å². The number of carbonyl (C=O) groups is 1. The fourth-order valence-electron chi connectivity index (χ4n) is 2.97. The summed E-state index contributed by atoms with van der Waals surface area (Å²) < 4.78 is 0. The van der Waals surface area contributed by atoms with Crippen molar-refractivity contribution in [1.82, 2.24) is 9.88 Å². The normalized spacial score (nSPS) is 27.1. The Kier molecular flexibility index (Phi) is 2.69. The number of likely N-dealkylation sites (tertiary alicyclic amines) is 1. The second-order valence-corrected chi connectivity index (χ2v) is 6.41. The molecule has 2 atom stereocenters. The first-order valence-corrected chi connectivity index (χ1v) is 7.29. The van der Waals surface area contributed by atoms with Gasteiger partial charge in [-0.15, -0.1) is 11.3 Å². The fourth-order valence-corrected chi connectivity index (χ4v) is 3.78. The SMILES string of the molecule is CC(C)c1nc(C(=O)N2C[C@@H]3CC[C@H]2C3)cs1. The van der Waals surface area contributed by atoms with Crippen molar-refractivity contribution in [2.24, 2.45) is 5.92 Å². The lowest BCUT2D eigenvalue weighted by Crippen LogP contribution is -2.37. The Bertz CT molecular complexity index is 440. The van der Waals surface area contributed by atoms with E-state index in [9.17, 15) is 4.79 Å². The van der Waals surface area contributed by atoms with Crippen LogP contribution in [0.15, 0.2) is 5.38 Å². The Hall–Kier alpha value is -0.900. The van der Waals surface area contributed by atoms with Crippen LogP contribution in [-0.2, 0) is 0 Å². The van der Waals surface area contributed by atoms with Gasteiger partial charge in [0.1, 0.15) is 5.69 Å². The minimum Gasteiger partial charge on any atom is -0.334 e. The molecule has 3 nitrogen and oxygen atoms in total. The summed E-state index contributed by atoms with van der Waals surface area (Å²) in [7, 11) is 0. The number of aromatic nitrogens is 1. The molecule has 0 radical (unpaired) electrons. The van der Waals surface area contributed by atoms with Gasteiger partial charge in [0.2, 0.25) is 0 Å². The van der Waals surface area contributed by atoms with Gasteiger partial charge in [-0.05, 0) is 25.2 Å². The molecule has 3 rings (SSSR count). The number of hydrogen-bond acceptors (Lipinski definition) is 3. The lowest BCUT2D eigenvalue weighted by atomic mass is 10.1. The molecule has 1 aliphatic carbocycles. The topological polar surface area (TPSA) is 33.2 Å². The first kappa shape index (κ1) is 11.2. The van der Waals surface area contributed by atoms with Crippen molar-refractivity contribution in [3.8, 4) is 0 Å². The Morgan fingerprint density at radius 3 is 2.88 bits per heavy atom. The third-order valence-corrected chi connectivity index (χ3v) is 5.05. The highest BCUT2D eigenvalue weighted by molar-refractivity contribution is 7.09. The molecular weight excluding hydrogens is 232 g/mol. The number of amides is 1. The maximum Gasteiger partial charge on any atom is 0.273 e. The molecule has 4 heteroatoms. The first-order chi connectivity index (χ1) is 8.15. The summed E-state index contributed by atoms with van der Waals surface area (Å²) in [5.74, 6) is 1.32. The number of thiazole rings is 1. The van der Waals surface area contributed by atoms with Crippen LogP contribution in [0.5, 0.6) is 0 Å². The molecule has 1 amide bonds. The zero-order chi connectivity index (χ0) is 12.0. The van der Waals surface area contributed by atoms with Crippen LogP contribution in [0, 0.1) is 5.92 Å². The van der Waals surface area contributed by atoms with Crippen molar-refractivity contribution in [2.75, 3.05) is 6.54 Å². The number of fused-ring (bicyclic) bond motifs is 2. The van der Waals surface area contributed by atoms with Crippen LogP contribution in [0.25, 0.3) is 0 Å². The minimum atomic E-state index is 0.153. The van der Waals surface area contributed by atoms with E-state index < -0.39 is 0 Å². The van der Waals surface area contributed by atoms with Gasteiger partial charge in [0.05, 0.1) is 5.01 Å². The molecule has 2 bridgehead atoms. The molecule has 2 heterocycles. The fraction of sp³-hybridized carbons (Fsp3) is 0.692. The van der Waals surface area contributed by atoms with E-state index in [0.29, 0.717) is 17.7 Å². The van der Waals surface area contributed by atoms with E-state index in [1.54, 1.807) is 11.3 Å². The van der Waals surface area contributed by atoms with Gasteiger partial charge in [0, 0.05) is 23.9 Å². The van der Waals surface area contributed by atoms with Crippen LogP contribution in [0.1, 0.15) is 54.5 Å². The number of nitrogens with zero attached hydrogens (tertiary/aromatic N) is 2. The quantitative estimate of drug-likeness (QED) is 0.808. The molecule has 2 fully saturated rings. The molecule has 2 aliphatic rings. The largest absolute Gasteiger partial charge is 0.334 e.